The largest absolute Gasteiger partial charge is 0.760 e. The SMILES string of the molecule is O=S([O-])NC1COCCO1. The van der Waals surface area contributed by atoms with E-state index in [0.717, 1.165) is 0 Å². The molecule has 0 bridgehead atoms. The predicted molar refractivity (Wildman–Crippen MR) is 32.6 cm³/mol. The first kappa shape index (κ1) is 8.09. The monoisotopic (exact) mass is 166 g/mol. The summed E-state index contributed by atoms with van der Waals surface area (Å²) in [5, 5.41) is 0. The van der Waals surface area contributed by atoms with Gasteiger partial charge in [0, 0.05) is 11.3 Å². The van der Waals surface area contributed by atoms with Gasteiger partial charge in [-0.05, 0) is 0 Å². The van der Waals surface area contributed by atoms with Crippen LogP contribution in [-0.2, 0) is 20.7 Å². The number of ether oxygens (including phenoxy) is 2. The highest BCUT2D eigenvalue weighted by Crippen LogP contribution is 1.96. The summed E-state index contributed by atoms with van der Waals surface area (Å²) in [5.74, 6) is 0. The number of hydrogen-bond acceptors (Lipinski definition) is 4. The van der Waals surface area contributed by atoms with Crippen molar-refractivity contribution in [2.45, 2.75) is 6.23 Å². The lowest BCUT2D eigenvalue weighted by Gasteiger charge is -2.24. The molecule has 0 aliphatic carbocycles. The average molecular weight is 166 g/mol. The highest BCUT2D eigenvalue weighted by Gasteiger charge is 2.12. The lowest BCUT2D eigenvalue weighted by molar-refractivity contribution is -0.0922. The minimum absolute atomic E-state index is 0.286. The van der Waals surface area contributed by atoms with Crippen molar-refractivity contribution in [1.82, 2.24) is 4.72 Å². The van der Waals surface area contributed by atoms with Gasteiger partial charge >= 0.3 is 0 Å². The van der Waals surface area contributed by atoms with Crippen LogP contribution in [-0.4, -0.2) is 34.8 Å². The van der Waals surface area contributed by atoms with Crippen molar-refractivity contribution in [3.8, 4) is 0 Å². The third kappa shape index (κ3) is 2.72. The summed E-state index contributed by atoms with van der Waals surface area (Å²) in [5.41, 5.74) is 0. The summed E-state index contributed by atoms with van der Waals surface area (Å²) in [7, 11) is 0. The normalized spacial score (nSPS) is 29.9. The van der Waals surface area contributed by atoms with E-state index in [1.165, 1.54) is 0 Å². The molecule has 10 heavy (non-hydrogen) atoms. The molecular weight excluding hydrogens is 158 g/mol. The van der Waals surface area contributed by atoms with Crippen LogP contribution in [0.5, 0.6) is 0 Å². The van der Waals surface area contributed by atoms with Crippen molar-refractivity contribution in [2.24, 2.45) is 0 Å². The van der Waals surface area contributed by atoms with Gasteiger partial charge in [-0.25, -0.2) is 4.72 Å². The maximum atomic E-state index is 10.0. The van der Waals surface area contributed by atoms with Crippen molar-refractivity contribution >= 4 is 11.3 Å². The van der Waals surface area contributed by atoms with Crippen LogP contribution in [0.1, 0.15) is 0 Å². The smallest absolute Gasteiger partial charge is 0.141 e. The molecule has 1 saturated heterocycles. The number of rotatable bonds is 2. The van der Waals surface area contributed by atoms with Gasteiger partial charge < -0.3 is 14.0 Å². The minimum atomic E-state index is -2.27. The molecule has 0 amide bonds. The van der Waals surface area contributed by atoms with Crippen molar-refractivity contribution in [2.75, 3.05) is 19.8 Å². The Morgan fingerprint density at radius 2 is 2.40 bits per heavy atom. The Morgan fingerprint density at radius 3 is 2.90 bits per heavy atom. The summed E-state index contributed by atoms with van der Waals surface area (Å²) in [4.78, 5) is 0. The Kier molecular flexibility index (Phi) is 3.23. The lowest BCUT2D eigenvalue weighted by atomic mass is 10.6. The molecular formula is C4H8NO4S-. The van der Waals surface area contributed by atoms with Crippen LogP contribution in [0.3, 0.4) is 0 Å². The van der Waals surface area contributed by atoms with Crippen molar-refractivity contribution in [1.29, 1.82) is 0 Å². The molecule has 1 aliphatic rings. The second-order valence-corrected chi connectivity index (χ2v) is 2.49. The molecule has 2 unspecified atom stereocenters. The van der Waals surface area contributed by atoms with E-state index in [4.69, 9.17) is 9.47 Å². The van der Waals surface area contributed by atoms with Gasteiger partial charge in [0.2, 0.25) is 0 Å². The third-order valence-corrected chi connectivity index (χ3v) is 1.50. The van der Waals surface area contributed by atoms with Crippen LogP contribution in [0.2, 0.25) is 0 Å². The minimum Gasteiger partial charge on any atom is -0.760 e. The highest BCUT2D eigenvalue weighted by atomic mass is 32.2. The van der Waals surface area contributed by atoms with E-state index in [-0.39, 0.29) is 6.61 Å². The molecule has 0 aromatic carbocycles. The van der Waals surface area contributed by atoms with Gasteiger partial charge in [-0.2, -0.15) is 0 Å². The average Bonchev–Trinajstić information content (AvgIpc) is 1.88. The van der Waals surface area contributed by atoms with Gasteiger partial charge in [0.05, 0.1) is 19.8 Å². The molecule has 0 aromatic heterocycles. The predicted octanol–water partition coefficient (Wildman–Crippen LogP) is -1.26. The zero-order valence-electron chi connectivity index (χ0n) is 5.24. The molecule has 0 radical (unpaired) electrons. The van der Waals surface area contributed by atoms with Crippen LogP contribution in [0.15, 0.2) is 0 Å². The van der Waals surface area contributed by atoms with Crippen LogP contribution in [0.25, 0.3) is 0 Å². The Hall–Kier alpha value is -0.0100. The van der Waals surface area contributed by atoms with E-state index in [9.17, 15) is 8.76 Å². The summed E-state index contributed by atoms with van der Waals surface area (Å²) < 4.78 is 32.1. The van der Waals surface area contributed by atoms with E-state index in [1.54, 1.807) is 0 Å². The molecule has 1 N–H and O–H groups in total. The second kappa shape index (κ2) is 3.99. The maximum Gasteiger partial charge on any atom is 0.141 e. The summed E-state index contributed by atoms with van der Waals surface area (Å²) in [6.07, 6.45) is -0.507. The zero-order chi connectivity index (χ0) is 7.40. The molecule has 5 nitrogen and oxygen atoms in total. The van der Waals surface area contributed by atoms with Gasteiger partial charge in [-0.1, -0.05) is 0 Å². The van der Waals surface area contributed by atoms with Gasteiger partial charge in [0.25, 0.3) is 0 Å². The fourth-order valence-electron chi connectivity index (χ4n) is 0.663. The van der Waals surface area contributed by atoms with Crippen LogP contribution < -0.4 is 4.72 Å². The maximum absolute atomic E-state index is 10.0. The fraction of sp³-hybridized carbons (Fsp3) is 1.00. The first-order chi connectivity index (χ1) is 4.79. The van der Waals surface area contributed by atoms with Gasteiger partial charge in [-0.15, -0.1) is 0 Å². The molecule has 2 atom stereocenters. The molecule has 1 heterocycles. The molecule has 0 spiro atoms. The summed E-state index contributed by atoms with van der Waals surface area (Å²) in [6.45, 7) is 1.26. The zero-order valence-corrected chi connectivity index (χ0v) is 6.06. The molecule has 0 aromatic rings. The molecule has 6 heteroatoms. The van der Waals surface area contributed by atoms with E-state index >= 15 is 0 Å². The van der Waals surface area contributed by atoms with Crippen LogP contribution >= 0.6 is 0 Å². The Morgan fingerprint density at radius 1 is 1.60 bits per heavy atom. The highest BCUT2D eigenvalue weighted by molar-refractivity contribution is 7.77. The number of hydrogen-bond donors (Lipinski definition) is 1. The van der Waals surface area contributed by atoms with Gasteiger partial charge in [0.1, 0.15) is 6.23 Å². The molecule has 60 valence electrons. The Bertz CT molecular complexity index is 124. The van der Waals surface area contributed by atoms with E-state index in [1.807, 2.05) is 0 Å². The van der Waals surface area contributed by atoms with E-state index < -0.39 is 17.5 Å². The summed E-state index contributed by atoms with van der Waals surface area (Å²) in [6, 6.07) is 0. The second-order valence-electron chi connectivity index (χ2n) is 1.79. The molecule has 1 aliphatic heterocycles. The van der Waals surface area contributed by atoms with Crippen molar-refractivity contribution in [3.63, 3.8) is 0 Å². The fourth-order valence-corrected chi connectivity index (χ4v) is 1.01. The molecule has 1 fully saturated rings. The summed E-state index contributed by atoms with van der Waals surface area (Å²) >= 11 is -2.27. The Labute approximate surface area is 61.1 Å². The number of nitrogens with one attached hydrogen (secondary N) is 1. The van der Waals surface area contributed by atoms with Crippen molar-refractivity contribution < 1.29 is 18.2 Å². The quantitative estimate of drug-likeness (QED) is 0.520. The Balaban J connectivity index is 2.19. The lowest BCUT2D eigenvalue weighted by Crippen LogP contribution is -2.41. The molecule has 1 rings (SSSR count). The first-order valence-electron chi connectivity index (χ1n) is 2.84. The topological polar surface area (TPSA) is 70.6 Å². The van der Waals surface area contributed by atoms with Crippen molar-refractivity contribution in [3.05, 3.63) is 0 Å². The standard InChI is InChI=1S/C4H9NO4S/c6-10(7)5-4-3-8-1-2-9-4/h4-5H,1-3H2,(H,6,7)/p-1. The van der Waals surface area contributed by atoms with E-state index in [2.05, 4.69) is 4.72 Å². The van der Waals surface area contributed by atoms with Gasteiger partial charge in [0.15, 0.2) is 0 Å². The van der Waals surface area contributed by atoms with E-state index in [0.29, 0.717) is 13.2 Å². The van der Waals surface area contributed by atoms with Crippen LogP contribution in [0.4, 0.5) is 0 Å². The third-order valence-electron chi connectivity index (χ3n) is 1.04. The van der Waals surface area contributed by atoms with Crippen LogP contribution in [0, 0.1) is 0 Å². The molecule has 0 saturated carbocycles. The first-order valence-corrected chi connectivity index (χ1v) is 3.91. The van der Waals surface area contributed by atoms with Gasteiger partial charge in [-0.3, -0.25) is 4.21 Å².